The summed E-state index contributed by atoms with van der Waals surface area (Å²) in [6, 6.07) is 12.2. The molecule has 1 unspecified atom stereocenters. The number of nitrogens with zero attached hydrogens (tertiary/aromatic N) is 1. The second-order valence-electron chi connectivity index (χ2n) is 7.11. The van der Waals surface area contributed by atoms with Crippen LogP contribution in [0.25, 0.3) is 11.3 Å². The van der Waals surface area contributed by atoms with E-state index in [1.54, 1.807) is 23.5 Å². The lowest BCUT2D eigenvalue weighted by molar-refractivity contribution is -0.118. The van der Waals surface area contributed by atoms with E-state index in [0.717, 1.165) is 28.2 Å². The van der Waals surface area contributed by atoms with Gasteiger partial charge in [0, 0.05) is 23.2 Å². The Morgan fingerprint density at radius 2 is 1.81 bits per heavy atom. The first-order valence-corrected chi connectivity index (χ1v) is 10.9. The fourth-order valence-corrected chi connectivity index (χ4v) is 3.62. The summed E-state index contributed by atoms with van der Waals surface area (Å²) in [5.41, 5.74) is 3.30. The number of anilines is 1. The zero-order valence-electron chi connectivity index (χ0n) is 17.4. The molecule has 0 radical (unpaired) electrons. The van der Waals surface area contributed by atoms with Crippen LogP contribution in [0.5, 0.6) is 0 Å². The molecular weight excluding hydrogens is 415 g/mol. The Morgan fingerprint density at radius 1 is 1.10 bits per heavy atom. The van der Waals surface area contributed by atoms with Gasteiger partial charge in [0.1, 0.15) is 11.9 Å². The van der Waals surface area contributed by atoms with E-state index in [4.69, 9.17) is 0 Å². The first kappa shape index (κ1) is 22.4. The van der Waals surface area contributed by atoms with Gasteiger partial charge in [-0.25, -0.2) is 14.2 Å². The summed E-state index contributed by atoms with van der Waals surface area (Å²) in [6.07, 6.45) is 1.24. The zero-order valence-corrected chi connectivity index (χ0v) is 18.3. The number of rotatable bonds is 8. The quantitative estimate of drug-likeness (QED) is 0.468. The van der Waals surface area contributed by atoms with Gasteiger partial charge in [-0.15, -0.1) is 11.3 Å². The number of halogens is 1. The second kappa shape index (κ2) is 10.7. The predicted molar refractivity (Wildman–Crippen MR) is 121 cm³/mol. The Kier molecular flexibility index (Phi) is 7.72. The molecule has 1 atom stereocenters. The Balaban J connectivity index is 1.55. The van der Waals surface area contributed by atoms with Crippen molar-refractivity contribution in [2.45, 2.75) is 39.3 Å². The molecule has 1 aromatic heterocycles. The predicted octanol–water partition coefficient (Wildman–Crippen LogP) is 4.86. The average molecular weight is 441 g/mol. The van der Waals surface area contributed by atoms with Crippen LogP contribution in [0, 0.1) is 12.7 Å². The number of hydrogen-bond acceptors (Lipinski definition) is 4. The second-order valence-corrected chi connectivity index (χ2v) is 8.18. The molecular formula is C23H25FN4O2S. The van der Waals surface area contributed by atoms with Crippen molar-refractivity contribution < 1.29 is 14.0 Å². The van der Waals surface area contributed by atoms with E-state index < -0.39 is 12.1 Å². The number of benzene rings is 2. The standard InChI is InChI=1S/C23H25FN4O2S/c1-3-4-20(28-23(30)25-13-16-5-9-18(24)10-6-16)22(29)27-19-11-7-17(8-12-19)21-14-31-15(2)26-21/h5-12,14,20H,3-4,13H2,1-2H3,(H,27,29)(H2,25,28,30). The molecule has 3 rings (SSSR count). The van der Waals surface area contributed by atoms with Gasteiger partial charge in [-0.1, -0.05) is 37.6 Å². The average Bonchev–Trinajstić information content (AvgIpc) is 3.20. The third kappa shape index (κ3) is 6.62. The van der Waals surface area contributed by atoms with Crippen molar-refractivity contribution in [2.75, 3.05) is 5.32 Å². The zero-order chi connectivity index (χ0) is 22.2. The van der Waals surface area contributed by atoms with Gasteiger partial charge < -0.3 is 16.0 Å². The van der Waals surface area contributed by atoms with Gasteiger partial charge in [-0.2, -0.15) is 0 Å². The number of carbonyl (C=O) groups excluding carboxylic acids is 2. The fourth-order valence-electron chi connectivity index (χ4n) is 3.00. The molecule has 0 fully saturated rings. The lowest BCUT2D eigenvalue weighted by Crippen LogP contribution is -2.47. The molecule has 31 heavy (non-hydrogen) atoms. The first-order valence-electron chi connectivity index (χ1n) is 10.1. The minimum Gasteiger partial charge on any atom is -0.334 e. The lowest BCUT2D eigenvalue weighted by atomic mass is 10.1. The van der Waals surface area contributed by atoms with E-state index >= 15 is 0 Å². The highest BCUT2D eigenvalue weighted by atomic mass is 32.1. The molecule has 0 bridgehead atoms. The number of thiazole rings is 1. The largest absolute Gasteiger partial charge is 0.334 e. The van der Waals surface area contributed by atoms with Gasteiger partial charge >= 0.3 is 6.03 Å². The summed E-state index contributed by atoms with van der Waals surface area (Å²) in [5.74, 6) is -0.612. The van der Waals surface area contributed by atoms with Gasteiger partial charge in [-0.05, 0) is 43.2 Å². The molecule has 1 heterocycles. The monoisotopic (exact) mass is 440 g/mol. The van der Waals surface area contributed by atoms with Crippen molar-refractivity contribution in [2.24, 2.45) is 0 Å². The minimum absolute atomic E-state index is 0.240. The maximum atomic E-state index is 13.0. The lowest BCUT2D eigenvalue weighted by Gasteiger charge is -2.18. The summed E-state index contributed by atoms with van der Waals surface area (Å²) in [7, 11) is 0. The third-order valence-corrected chi connectivity index (χ3v) is 5.41. The van der Waals surface area contributed by atoms with Gasteiger partial charge in [0.15, 0.2) is 0 Å². The molecule has 8 heteroatoms. The summed E-state index contributed by atoms with van der Waals surface area (Å²) in [6.45, 7) is 4.15. The molecule has 0 saturated heterocycles. The van der Waals surface area contributed by atoms with E-state index in [2.05, 4.69) is 20.9 Å². The summed E-state index contributed by atoms with van der Waals surface area (Å²) in [5, 5.41) is 11.3. The molecule has 3 amide bonds. The summed E-state index contributed by atoms with van der Waals surface area (Å²) in [4.78, 5) is 29.4. The van der Waals surface area contributed by atoms with Gasteiger partial charge in [-0.3, -0.25) is 4.79 Å². The van der Waals surface area contributed by atoms with E-state index in [9.17, 15) is 14.0 Å². The van der Waals surface area contributed by atoms with Crippen molar-refractivity contribution in [3.63, 3.8) is 0 Å². The molecule has 6 nitrogen and oxygen atoms in total. The summed E-state index contributed by atoms with van der Waals surface area (Å²) >= 11 is 1.59. The van der Waals surface area contributed by atoms with Crippen molar-refractivity contribution in [1.29, 1.82) is 0 Å². The van der Waals surface area contributed by atoms with Crippen LogP contribution >= 0.6 is 11.3 Å². The van der Waals surface area contributed by atoms with Crippen LogP contribution in [-0.4, -0.2) is 23.0 Å². The van der Waals surface area contributed by atoms with Crippen molar-refractivity contribution in [3.05, 3.63) is 70.3 Å². The molecule has 0 saturated carbocycles. The topological polar surface area (TPSA) is 83.1 Å². The number of aromatic nitrogens is 1. The first-order chi connectivity index (χ1) is 14.9. The molecule has 0 spiro atoms. The third-order valence-electron chi connectivity index (χ3n) is 4.63. The molecule has 0 aliphatic heterocycles. The van der Waals surface area contributed by atoms with E-state index in [0.29, 0.717) is 12.1 Å². The van der Waals surface area contributed by atoms with Crippen LogP contribution in [-0.2, 0) is 11.3 Å². The summed E-state index contributed by atoms with van der Waals surface area (Å²) < 4.78 is 13.0. The van der Waals surface area contributed by atoms with E-state index in [-0.39, 0.29) is 18.3 Å². The number of amides is 3. The number of urea groups is 1. The normalized spacial score (nSPS) is 11.6. The highest BCUT2D eigenvalue weighted by Crippen LogP contribution is 2.23. The Morgan fingerprint density at radius 3 is 2.42 bits per heavy atom. The van der Waals surface area contributed by atoms with Crippen molar-refractivity contribution in [1.82, 2.24) is 15.6 Å². The Labute approximate surface area is 184 Å². The van der Waals surface area contributed by atoms with E-state index in [1.807, 2.05) is 43.5 Å². The van der Waals surface area contributed by atoms with Crippen LogP contribution in [0.1, 0.15) is 30.3 Å². The molecule has 0 aliphatic carbocycles. The molecule has 2 aromatic carbocycles. The van der Waals surface area contributed by atoms with Crippen LogP contribution in [0.4, 0.5) is 14.9 Å². The van der Waals surface area contributed by atoms with Crippen LogP contribution < -0.4 is 16.0 Å². The van der Waals surface area contributed by atoms with Gasteiger partial charge in [0.25, 0.3) is 0 Å². The van der Waals surface area contributed by atoms with Crippen molar-refractivity contribution >= 4 is 29.0 Å². The number of aryl methyl sites for hydroxylation is 1. The number of nitrogens with one attached hydrogen (secondary N) is 3. The number of carbonyl (C=O) groups is 2. The molecule has 162 valence electrons. The Bertz CT molecular complexity index is 1020. The SMILES string of the molecule is CCCC(NC(=O)NCc1ccc(F)cc1)C(=O)Nc1ccc(-c2csc(C)n2)cc1. The fraction of sp³-hybridized carbons (Fsp3) is 0.261. The van der Waals surface area contributed by atoms with Crippen molar-refractivity contribution in [3.8, 4) is 11.3 Å². The van der Waals surface area contributed by atoms with E-state index in [1.165, 1.54) is 12.1 Å². The molecule has 3 aromatic rings. The Hall–Kier alpha value is -3.26. The molecule has 0 aliphatic rings. The maximum absolute atomic E-state index is 13.0. The van der Waals surface area contributed by atoms with Crippen LogP contribution in [0.3, 0.4) is 0 Å². The number of hydrogen-bond donors (Lipinski definition) is 3. The maximum Gasteiger partial charge on any atom is 0.315 e. The van der Waals surface area contributed by atoms with Gasteiger partial charge in [0.05, 0.1) is 10.7 Å². The highest BCUT2D eigenvalue weighted by Gasteiger charge is 2.20. The van der Waals surface area contributed by atoms with Gasteiger partial charge in [0.2, 0.25) is 5.91 Å². The minimum atomic E-state index is -0.668. The molecule has 3 N–H and O–H groups in total. The smallest absolute Gasteiger partial charge is 0.315 e. The highest BCUT2D eigenvalue weighted by molar-refractivity contribution is 7.09. The van der Waals surface area contributed by atoms with Crippen LogP contribution in [0.15, 0.2) is 53.9 Å². The van der Waals surface area contributed by atoms with Crippen LogP contribution in [0.2, 0.25) is 0 Å².